The number of carbonyl (C=O) groups is 2. The largest absolute Gasteiger partial charge is 0.494 e. The molecule has 3 aliphatic rings. The number of rotatable bonds is 7. The molecule has 4 aromatic heterocycles. The predicted octanol–water partition coefficient (Wildman–Crippen LogP) is 4.42. The highest BCUT2D eigenvalue weighted by Crippen LogP contribution is 2.40. The lowest BCUT2D eigenvalue weighted by Crippen LogP contribution is -2.41. The highest BCUT2D eigenvalue weighted by molar-refractivity contribution is 6.00. The van der Waals surface area contributed by atoms with E-state index in [4.69, 9.17) is 25.2 Å². The van der Waals surface area contributed by atoms with Crippen LogP contribution in [0.15, 0.2) is 48.7 Å². The predicted molar refractivity (Wildman–Crippen MR) is 169 cm³/mol. The van der Waals surface area contributed by atoms with Crippen molar-refractivity contribution in [3.05, 3.63) is 59.9 Å². The van der Waals surface area contributed by atoms with Crippen LogP contribution in [0.25, 0.3) is 44.8 Å². The quantitative estimate of drug-likeness (QED) is 0.270. The number of methoxy groups -OCH3 is 2. The van der Waals surface area contributed by atoms with Gasteiger partial charge in [0.1, 0.15) is 22.6 Å². The molecule has 8 rings (SSSR count). The Balaban J connectivity index is 1.21. The highest BCUT2D eigenvalue weighted by Gasteiger charge is 2.47. The first kappa shape index (κ1) is 27.8. The fraction of sp³-hybridized carbons (Fsp3) is 0.382. The van der Waals surface area contributed by atoms with E-state index in [1.54, 1.807) is 19.4 Å². The zero-order valence-corrected chi connectivity index (χ0v) is 25.6. The van der Waals surface area contributed by atoms with Crippen molar-refractivity contribution in [3.8, 4) is 28.5 Å². The molecule has 2 N–H and O–H groups in total. The number of nitrogens with zero attached hydrogens (tertiary/aromatic N) is 6. The minimum absolute atomic E-state index is 0.0151. The normalized spacial score (nSPS) is 20.8. The van der Waals surface area contributed by atoms with Gasteiger partial charge in [-0.1, -0.05) is 0 Å². The molecule has 3 atom stereocenters. The molecule has 0 radical (unpaired) electrons. The summed E-state index contributed by atoms with van der Waals surface area (Å²) in [7, 11) is 4.96. The van der Waals surface area contributed by atoms with Crippen LogP contribution in [0.2, 0.25) is 0 Å². The SMILES string of the molecule is COC(=O)c1ccc(-c2ccc3cc(-c4nc5cc(C(=O)N6CC7CCC6C7N)cc(OC)c5n4C)n(CC4CC4)c3n2)cn1. The van der Waals surface area contributed by atoms with Gasteiger partial charge in [-0.25, -0.2) is 19.7 Å². The Morgan fingerprint density at radius 2 is 1.87 bits per heavy atom. The van der Waals surface area contributed by atoms with Crippen LogP contribution < -0.4 is 10.5 Å². The molecule has 2 bridgehead atoms. The average Bonchev–Trinajstić information content (AvgIpc) is 3.47. The zero-order valence-electron chi connectivity index (χ0n) is 25.6. The summed E-state index contributed by atoms with van der Waals surface area (Å²) in [4.78, 5) is 42.0. The maximum absolute atomic E-state index is 13.7. The van der Waals surface area contributed by atoms with Gasteiger partial charge in [0.25, 0.3) is 5.91 Å². The minimum atomic E-state index is -0.476. The number of amides is 1. The summed E-state index contributed by atoms with van der Waals surface area (Å²) in [6.45, 7) is 1.54. The molecule has 11 nitrogen and oxygen atoms in total. The van der Waals surface area contributed by atoms with E-state index in [1.807, 2.05) is 40.8 Å². The van der Waals surface area contributed by atoms with E-state index >= 15 is 0 Å². The molecule has 1 amide bonds. The first-order valence-electron chi connectivity index (χ1n) is 15.5. The molecule has 1 aromatic carbocycles. The van der Waals surface area contributed by atoms with Crippen molar-refractivity contribution in [2.24, 2.45) is 24.6 Å². The lowest BCUT2D eigenvalue weighted by atomic mass is 10.1. The van der Waals surface area contributed by atoms with Crippen molar-refractivity contribution < 1.29 is 19.1 Å². The molecule has 230 valence electrons. The van der Waals surface area contributed by atoms with Gasteiger partial charge in [0.2, 0.25) is 0 Å². The van der Waals surface area contributed by atoms with Crippen molar-refractivity contribution in [2.45, 2.75) is 44.3 Å². The van der Waals surface area contributed by atoms with Crippen LogP contribution in [0.5, 0.6) is 5.75 Å². The number of benzene rings is 1. The van der Waals surface area contributed by atoms with Crippen molar-refractivity contribution >= 4 is 33.9 Å². The fourth-order valence-corrected chi connectivity index (χ4v) is 7.25. The lowest BCUT2D eigenvalue weighted by molar-refractivity contribution is 0.0593. The number of nitrogens with two attached hydrogens (primary N) is 1. The number of likely N-dealkylation sites (tertiary alicyclic amines) is 1. The van der Waals surface area contributed by atoms with Crippen molar-refractivity contribution in [1.29, 1.82) is 0 Å². The molecular weight excluding hydrogens is 570 g/mol. The Morgan fingerprint density at radius 1 is 1.02 bits per heavy atom. The molecule has 3 fully saturated rings. The summed E-state index contributed by atoms with van der Waals surface area (Å²) >= 11 is 0. The molecule has 2 aliphatic carbocycles. The smallest absolute Gasteiger partial charge is 0.356 e. The van der Waals surface area contributed by atoms with E-state index in [9.17, 15) is 9.59 Å². The molecule has 11 heteroatoms. The van der Waals surface area contributed by atoms with E-state index in [2.05, 4.69) is 21.7 Å². The second kappa shape index (κ2) is 10.4. The molecule has 3 unspecified atom stereocenters. The van der Waals surface area contributed by atoms with Crippen molar-refractivity contribution in [1.82, 2.24) is 29.0 Å². The van der Waals surface area contributed by atoms with Crippen molar-refractivity contribution in [2.75, 3.05) is 20.8 Å². The van der Waals surface area contributed by atoms with Gasteiger partial charge in [-0.15, -0.1) is 0 Å². The molecule has 5 aromatic rings. The number of hydrogen-bond acceptors (Lipinski definition) is 8. The number of piperidine rings is 1. The maximum atomic E-state index is 13.7. The Morgan fingerprint density at radius 3 is 2.53 bits per heavy atom. The third-order valence-electron chi connectivity index (χ3n) is 9.88. The standard InChI is InChI=1S/C34H35N7O4/c1-39-30-25(12-22(14-28(30)44-2)33(42)41-17-21-8-11-26(41)29(21)35)38-32(39)27-13-19-6-9-23(37-31(19)40(27)16-18-4-5-18)20-7-10-24(36-15-20)34(43)45-3/h6-7,9-10,12-15,18,21,26,29H,4-5,8,11,16-17,35H2,1-3H3. The number of imidazole rings is 1. The number of fused-ring (bicyclic) bond motifs is 4. The lowest BCUT2D eigenvalue weighted by Gasteiger charge is -2.27. The molecular formula is C34H35N7O4. The van der Waals surface area contributed by atoms with Crippen LogP contribution in [0.1, 0.15) is 46.5 Å². The van der Waals surface area contributed by atoms with Gasteiger partial charge in [0.15, 0.2) is 5.82 Å². The molecule has 1 saturated heterocycles. The van der Waals surface area contributed by atoms with Crippen LogP contribution >= 0.6 is 0 Å². The van der Waals surface area contributed by atoms with Gasteiger partial charge in [-0.3, -0.25) is 4.79 Å². The molecule has 5 heterocycles. The summed E-state index contributed by atoms with van der Waals surface area (Å²) < 4.78 is 14.9. The van der Waals surface area contributed by atoms with E-state index in [0.29, 0.717) is 35.2 Å². The van der Waals surface area contributed by atoms with E-state index in [1.165, 1.54) is 20.0 Å². The van der Waals surface area contributed by atoms with E-state index in [-0.39, 0.29) is 23.7 Å². The van der Waals surface area contributed by atoms with E-state index in [0.717, 1.165) is 58.7 Å². The van der Waals surface area contributed by atoms with Crippen LogP contribution in [-0.4, -0.2) is 73.7 Å². The van der Waals surface area contributed by atoms with Gasteiger partial charge in [0.05, 0.1) is 31.1 Å². The third-order valence-corrected chi connectivity index (χ3v) is 9.88. The van der Waals surface area contributed by atoms with Crippen LogP contribution in [-0.2, 0) is 18.3 Å². The summed E-state index contributed by atoms with van der Waals surface area (Å²) in [6, 6.07) is 13.5. The second-order valence-corrected chi connectivity index (χ2v) is 12.6. The summed E-state index contributed by atoms with van der Waals surface area (Å²) in [5, 5.41) is 1.00. The zero-order chi connectivity index (χ0) is 31.0. The first-order chi connectivity index (χ1) is 21.8. The van der Waals surface area contributed by atoms with E-state index < -0.39 is 5.97 Å². The second-order valence-electron chi connectivity index (χ2n) is 12.6. The summed E-state index contributed by atoms with van der Waals surface area (Å²) in [5.74, 6) is 1.86. The average molecular weight is 606 g/mol. The van der Waals surface area contributed by atoms with Gasteiger partial charge < -0.3 is 29.2 Å². The summed E-state index contributed by atoms with van der Waals surface area (Å²) in [6.07, 6.45) is 6.06. The number of aryl methyl sites for hydroxylation is 1. The van der Waals surface area contributed by atoms with Crippen LogP contribution in [0.4, 0.5) is 0 Å². The first-order valence-corrected chi connectivity index (χ1v) is 15.5. The number of esters is 1. The Kier molecular flexibility index (Phi) is 6.42. The molecule has 2 saturated carbocycles. The molecule has 1 aliphatic heterocycles. The number of hydrogen-bond donors (Lipinski definition) is 1. The Labute approximate surface area is 260 Å². The highest BCUT2D eigenvalue weighted by atomic mass is 16.5. The fourth-order valence-electron chi connectivity index (χ4n) is 7.25. The van der Waals surface area contributed by atoms with Crippen LogP contribution in [0, 0.1) is 11.8 Å². The monoisotopic (exact) mass is 605 g/mol. The number of aromatic nitrogens is 5. The van der Waals surface area contributed by atoms with Crippen LogP contribution in [0.3, 0.4) is 0 Å². The Bertz CT molecular complexity index is 1990. The summed E-state index contributed by atoms with van der Waals surface area (Å²) in [5.41, 5.74) is 12.2. The van der Waals surface area contributed by atoms with Gasteiger partial charge >= 0.3 is 5.97 Å². The maximum Gasteiger partial charge on any atom is 0.356 e. The third kappa shape index (κ3) is 4.48. The molecule has 0 spiro atoms. The number of carbonyl (C=O) groups excluding carboxylic acids is 2. The number of ether oxygens (including phenoxy) is 2. The molecule has 45 heavy (non-hydrogen) atoms. The van der Waals surface area contributed by atoms with Gasteiger partial charge in [-0.2, -0.15) is 0 Å². The van der Waals surface area contributed by atoms with Gasteiger partial charge in [-0.05, 0) is 80.0 Å². The van der Waals surface area contributed by atoms with Gasteiger partial charge in [0, 0.05) is 54.9 Å². The minimum Gasteiger partial charge on any atom is -0.494 e. The Hall–Kier alpha value is -4.77. The van der Waals surface area contributed by atoms with Crippen molar-refractivity contribution in [3.63, 3.8) is 0 Å². The number of pyridine rings is 2. The topological polar surface area (TPSA) is 130 Å².